The van der Waals surface area contributed by atoms with Crippen LogP contribution >= 0.6 is 0 Å². The van der Waals surface area contributed by atoms with Gasteiger partial charge in [0.25, 0.3) is 0 Å². The third-order valence-electron chi connectivity index (χ3n) is 1.24. The van der Waals surface area contributed by atoms with Crippen molar-refractivity contribution in [1.82, 2.24) is 5.32 Å². The molecule has 0 amide bonds. The minimum atomic E-state index is 0.880. The second-order valence-electron chi connectivity index (χ2n) is 2.32. The van der Waals surface area contributed by atoms with Gasteiger partial charge in [0, 0.05) is 6.54 Å². The molecule has 0 fully saturated rings. The number of likely N-dealkylation sites (N-methyl/N-ethyl adjacent to an activating group) is 1. The predicted octanol–water partition coefficient (Wildman–Crippen LogP) is 2.28. The molecule has 0 rings (SSSR count). The van der Waals surface area contributed by atoms with Gasteiger partial charge < -0.3 is 5.32 Å². The second kappa shape index (κ2) is 7.29. The highest BCUT2D eigenvalue weighted by atomic mass is 14.8. The fraction of sp³-hybridized carbons (Fsp3) is 0.400. The molecule has 0 aliphatic carbocycles. The summed E-state index contributed by atoms with van der Waals surface area (Å²) in [5.74, 6) is 0. The van der Waals surface area contributed by atoms with Crippen molar-refractivity contribution >= 4 is 0 Å². The Morgan fingerprint density at radius 1 is 1.45 bits per heavy atom. The molecule has 0 aromatic carbocycles. The minimum Gasteiger partial charge on any atom is -0.313 e. The van der Waals surface area contributed by atoms with Crippen molar-refractivity contribution in [2.24, 2.45) is 0 Å². The van der Waals surface area contributed by atoms with Gasteiger partial charge in [-0.15, -0.1) is 0 Å². The van der Waals surface area contributed by atoms with Gasteiger partial charge in [-0.2, -0.15) is 0 Å². The summed E-state index contributed by atoms with van der Waals surface area (Å²) in [7, 11) is 0. The predicted molar refractivity (Wildman–Crippen MR) is 51.6 cm³/mol. The molecular weight excluding hydrogens is 134 g/mol. The molecule has 0 saturated carbocycles. The molecule has 1 nitrogen and oxygen atoms in total. The van der Waals surface area contributed by atoms with Crippen molar-refractivity contribution in [1.29, 1.82) is 0 Å². The van der Waals surface area contributed by atoms with Gasteiger partial charge in [0.1, 0.15) is 0 Å². The van der Waals surface area contributed by atoms with Crippen LogP contribution in [0.3, 0.4) is 0 Å². The van der Waals surface area contributed by atoms with Crippen LogP contribution in [-0.2, 0) is 0 Å². The van der Waals surface area contributed by atoms with Crippen LogP contribution in [0.25, 0.3) is 0 Å². The quantitative estimate of drug-likeness (QED) is 0.594. The zero-order valence-electron chi connectivity index (χ0n) is 7.43. The maximum Gasteiger partial charge on any atom is 0.0199 e. The van der Waals surface area contributed by atoms with Crippen molar-refractivity contribution in [3.63, 3.8) is 0 Å². The largest absolute Gasteiger partial charge is 0.313 e. The van der Waals surface area contributed by atoms with Gasteiger partial charge in [0.05, 0.1) is 0 Å². The van der Waals surface area contributed by atoms with E-state index >= 15 is 0 Å². The third-order valence-corrected chi connectivity index (χ3v) is 1.24. The normalized spacial score (nSPS) is 11.5. The Bertz CT molecular complexity index is 154. The van der Waals surface area contributed by atoms with Crippen molar-refractivity contribution in [2.75, 3.05) is 13.1 Å². The zero-order chi connectivity index (χ0) is 8.53. The number of hydrogen-bond acceptors (Lipinski definition) is 1. The Balaban J connectivity index is 3.51. The Morgan fingerprint density at radius 3 is 2.73 bits per heavy atom. The van der Waals surface area contributed by atoms with E-state index in [1.165, 1.54) is 0 Å². The summed E-state index contributed by atoms with van der Waals surface area (Å²) in [5, 5.41) is 3.20. The van der Waals surface area contributed by atoms with Crippen LogP contribution in [0.1, 0.15) is 13.8 Å². The van der Waals surface area contributed by atoms with E-state index in [1.54, 1.807) is 0 Å². The number of rotatable bonds is 5. The van der Waals surface area contributed by atoms with E-state index in [0.29, 0.717) is 0 Å². The first-order chi connectivity index (χ1) is 5.31. The van der Waals surface area contributed by atoms with Crippen molar-refractivity contribution in [3.05, 3.63) is 36.5 Å². The molecule has 0 radical (unpaired) electrons. The van der Waals surface area contributed by atoms with Crippen LogP contribution in [0, 0.1) is 0 Å². The van der Waals surface area contributed by atoms with Crippen LogP contribution in [0.5, 0.6) is 0 Å². The zero-order valence-corrected chi connectivity index (χ0v) is 7.43. The van der Waals surface area contributed by atoms with Crippen molar-refractivity contribution < 1.29 is 0 Å². The molecule has 0 saturated heterocycles. The second-order valence-corrected chi connectivity index (χ2v) is 2.32. The monoisotopic (exact) mass is 151 g/mol. The molecular formula is C10H17N. The van der Waals surface area contributed by atoms with Crippen LogP contribution in [0.4, 0.5) is 0 Å². The summed E-state index contributed by atoms with van der Waals surface area (Å²) in [6.45, 7) is 9.84. The van der Waals surface area contributed by atoms with Crippen LogP contribution in [-0.4, -0.2) is 13.1 Å². The van der Waals surface area contributed by atoms with Gasteiger partial charge >= 0.3 is 0 Å². The van der Waals surface area contributed by atoms with E-state index < -0.39 is 0 Å². The summed E-state index contributed by atoms with van der Waals surface area (Å²) in [6.07, 6.45) is 8.01. The smallest absolute Gasteiger partial charge is 0.0199 e. The molecule has 62 valence electrons. The molecule has 0 aromatic rings. The first-order valence-corrected chi connectivity index (χ1v) is 3.99. The summed E-state index contributed by atoms with van der Waals surface area (Å²) in [6, 6.07) is 0. The van der Waals surface area contributed by atoms with E-state index in [2.05, 4.69) is 18.8 Å². The summed E-state index contributed by atoms with van der Waals surface area (Å²) < 4.78 is 0. The maximum absolute atomic E-state index is 3.88. The van der Waals surface area contributed by atoms with Gasteiger partial charge in [0.2, 0.25) is 0 Å². The lowest BCUT2D eigenvalue weighted by Crippen LogP contribution is -2.14. The average molecular weight is 151 g/mol. The number of allylic oxidation sites excluding steroid dienone is 3. The summed E-state index contributed by atoms with van der Waals surface area (Å²) >= 11 is 0. The van der Waals surface area contributed by atoms with Crippen LogP contribution in [0.2, 0.25) is 0 Å². The van der Waals surface area contributed by atoms with E-state index in [1.807, 2.05) is 31.2 Å². The Labute approximate surface area is 69.5 Å². The van der Waals surface area contributed by atoms with Gasteiger partial charge in [-0.05, 0) is 19.0 Å². The Morgan fingerprint density at radius 2 is 2.18 bits per heavy atom. The van der Waals surface area contributed by atoms with E-state index in [4.69, 9.17) is 0 Å². The minimum absolute atomic E-state index is 0.880. The van der Waals surface area contributed by atoms with Crippen molar-refractivity contribution in [2.45, 2.75) is 13.8 Å². The lowest BCUT2D eigenvalue weighted by molar-refractivity contribution is 0.786. The fourth-order valence-corrected chi connectivity index (χ4v) is 0.647. The number of nitrogens with one attached hydrogen (secondary N) is 1. The fourth-order valence-electron chi connectivity index (χ4n) is 0.647. The van der Waals surface area contributed by atoms with Crippen molar-refractivity contribution in [3.8, 4) is 0 Å². The SMILES string of the molecule is C=C(/C=C\C=C/C)CNCC. The highest BCUT2D eigenvalue weighted by Crippen LogP contribution is 1.90. The molecule has 0 aromatic heterocycles. The summed E-state index contributed by atoms with van der Waals surface area (Å²) in [4.78, 5) is 0. The Hall–Kier alpha value is -0.820. The average Bonchev–Trinajstić information content (AvgIpc) is 2.01. The topological polar surface area (TPSA) is 12.0 Å². The van der Waals surface area contributed by atoms with Gasteiger partial charge in [-0.25, -0.2) is 0 Å². The Kier molecular flexibility index (Phi) is 6.75. The molecule has 0 heterocycles. The first kappa shape index (κ1) is 10.2. The van der Waals surface area contributed by atoms with Crippen LogP contribution in [0.15, 0.2) is 36.5 Å². The molecule has 0 spiro atoms. The lowest BCUT2D eigenvalue weighted by Gasteiger charge is -1.98. The molecule has 0 aliphatic heterocycles. The highest BCUT2D eigenvalue weighted by molar-refractivity contribution is 5.19. The lowest BCUT2D eigenvalue weighted by atomic mass is 10.2. The summed E-state index contributed by atoms with van der Waals surface area (Å²) in [5.41, 5.74) is 1.12. The maximum atomic E-state index is 3.88. The molecule has 0 bridgehead atoms. The van der Waals surface area contributed by atoms with Gasteiger partial charge in [0.15, 0.2) is 0 Å². The molecule has 1 N–H and O–H groups in total. The number of hydrogen-bond donors (Lipinski definition) is 1. The first-order valence-electron chi connectivity index (χ1n) is 3.99. The molecule has 0 aliphatic rings. The standard InChI is InChI=1S/C10H17N/c1-4-6-7-8-10(3)9-11-5-2/h4,6-8,11H,3,5,9H2,1-2H3/b6-4-,8-7-. The van der Waals surface area contributed by atoms with E-state index in [-0.39, 0.29) is 0 Å². The molecule has 0 atom stereocenters. The third kappa shape index (κ3) is 7.07. The van der Waals surface area contributed by atoms with Gasteiger partial charge in [-0.3, -0.25) is 0 Å². The molecule has 11 heavy (non-hydrogen) atoms. The van der Waals surface area contributed by atoms with Crippen LogP contribution < -0.4 is 5.32 Å². The van der Waals surface area contributed by atoms with E-state index in [0.717, 1.165) is 18.7 Å². The van der Waals surface area contributed by atoms with E-state index in [9.17, 15) is 0 Å². The molecule has 1 heteroatoms. The molecule has 0 unspecified atom stereocenters. The highest BCUT2D eigenvalue weighted by Gasteiger charge is 1.83. The van der Waals surface area contributed by atoms with Gasteiger partial charge in [-0.1, -0.05) is 37.8 Å².